The minimum Gasteiger partial charge on any atom is -0.375 e. The highest BCUT2D eigenvalue weighted by molar-refractivity contribution is 5.12. The van der Waals surface area contributed by atoms with Gasteiger partial charge in [0.05, 0.1) is 19.3 Å². The molecule has 0 amide bonds. The number of rotatable bonds is 5. The van der Waals surface area contributed by atoms with Crippen LogP contribution in [-0.4, -0.2) is 33.6 Å². The van der Waals surface area contributed by atoms with Gasteiger partial charge in [0.1, 0.15) is 0 Å². The van der Waals surface area contributed by atoms with Gasteiger partial charge in [-0.15, -0.1) is 0 Å². The second-order valence-corrected chi connectivity index (χ2v) is 6.80. The van der Waals surface area contributed by atoms with Crippen LogP contribution in [0, 0.1) is 0 Å². The van der Waals surface area contributed by atoms with Crippen molar-refractivity contribution in [3.05, 3.63) is 54.1 Å². The predicted octanol–water partition coefficient (Wildman–Crippen LogP) is 3.40. The standard InChI is InChI=1S/C19H25N3O/c1-2-5-17(4-1)21-12-18-6-3-11-22(18)19(13-21)15-23-14-16-7-9-20-10-8-16/h3,6-11,17,19H,1-2,4-5,12-15H2. The van der Waals surface area contributed by atoms with Gasteiger partial charge in [0.2, 0.25) is 0 Å². The summed E-state index contributed by atoms with van der Waals surface area (Å²) >= 11 is 0. The molecule has 23 heavy (non-hydrogen) atoms. The molecule has 0 N–H and O–H groups in total. The van der Waals surface area contributed by atoms with Crippen LogP contribution in [0.25, 0.3) is 0 Å². The first kappa shape index (κ1) is 14.9. The number of nitrogens with zero attached hydrogens (tertiary/aromatic N) is 3. The van der Waals surface area contributed by atoms with Gasteiger partial charge in [-0.2, -0.15) is 0 Å². The first-order valence-electron chi connectivity index (χ1n) is 8.76. The third-order valence-electron chi connectivity index (χ3n) is 5.24. The molecule has 2 aliphatic rings. The average Bonchev–Trinajstić information content (AvgIpc) is 3.27. The summed E-state index contributed by atoms with van der Waals surface area (Å²) in [7, 11) is 0. The normalized spacial score (nSPS) is 22.3. The van der Waals surface area contributed by atoms with Gasteiger partial charge >= 0.3 is 0 Å². The van der Waals surface area contributed by atoms with Crippen molar-refractivity contribution in [1.82, 2.24) is 14.5 Å². The van der Waals surface area contributed by atoms with Crippen LogP contribution < -0.4 is 0 Å². The number of fused-ring (bicyclic) bond motifs is 1. The van der Waals surface area contributed by atoms with Gasteiger partial charge in [-0.25, -0.2) is 0 Å². The quantitative estimate of drug-likeness (QED) is 0.848. The highest BCUT2D eigenvalue weighted by Gasteiger charge is 2.30. The van der Waals surface area contributed by atoms with E-state index in [1.54, 1.807) is 0 Å². The second-order valence-electron chi connectivity index (χ2n) is 6.80. The first-order chi connectivity index (χ1) is 11.4. The van der Waals surface area contributed by atoms with Gasteiger partial charge < -0.3 is 9.30 Å². The van der Waals surface area contributed by atoms with Gasteiger partial charge in [-0.3, -0.25) is 9.88 Å². The molecular weight excluding hydrogens is 286 g/mol. The number of hydrogen-bond acceptors (Lipinski definition) is 3. The minimum atomic E-state index is 0.427. The van der Waals surface area contributed by atoms with E-state index in [0.29, 0.717) is 12.6 Å². The summed E-state index contributed by atoms with van der Waals surface area (Å²) in [6.45, 7) is 3.65. The summed E-state index contributed by atoms with van der Waals surface area (Å²) in [5.74, 6) is 0. The van der Waals surface area contributed by atoms with E-state index in [9.17, 15) is 0 Å². The van der Waals surface area contributed by atoms with E-state index in [0.717, 1.165) is 25.7 Å². The molecule has 1 atom stereocenters. The fourth-order valence-electron chi connectivity index (χ4n) is 4.02. The van der Waals surface area contributed by atoms with Crippen LogP contribution in [0.4, 0.5) is 0 Å². The Kier molecular flexibility index (Phi) is 4.44. The average molecular weight is 311 g/mol. The smallest absolute Gasteiger partial charge is 0.0719 e. The van der Waals surface area contributed by atoms with Crippen LogP contribution in [0.1, 0.15) is 43.0 Å². The Morgan fingerprint density at radius 1 is 1.13 bits per heavy atom. The van der Waals surface area contributed by atoms with Crippen molar-refractivity contribution < 1.29 is 4.74 Å². The summed E-state index contributed by atoms with van der Waals surface area (Å²) in [6, 6.07) is 9.68. The third-order valence-corrected chi connectivity index (χ3v) is 5.24. The summed E-state index contributed by atoms with van der Waals surface area (Å²) in [4.78, 5) is 6.74. The van der Waals surface area contributed by atoms with Crippen molar-refractivity contribution >= 4 is 0 Å². The number of aromatic nitrogens is 2. The van der Waals surface area contributed by atoms with Crippen molar-refractivity contribution in [2.45, 2.75) is 50.9 Å². The van der Waals surface area contributed by atoms with Crippen LogP contribution in [0.5, 0.6) is 0 Å². The maximum atomic E-state index is 6.02. The van der Waals surface area contributed by atoms with Crippen LogP contribution in [0.15, 0.2) is 42.9 Å². The molecule has 3 heterocycles. The number of ether oxygens (including phenoxy) is 1. The molecule has 2 aromatic rings. The Hall–Kier alpha value is -1.65. The Balaban J connectivity index is 1.40. The highest BCUT2D eigenvalue weighted by atomic mass is 16.5. The molecule has 0 radical (unpaired) electrons. The van der Waals surface area contributed by atoms with E-state index in [1.807, 2.05) is 24.5 Å². The molecule has 2 aromatic heterocycles. The summed E-state index contributed by atoms with van der Waals surface area (Å²) in [5.41, 5.74) is 2.62. The molecule has 4 heteroatoms. The highest BCUT2D eigenvalue weighted by Crippen LogP contribution is 2.30. The van der Waals surface area contributed by atoms with Crippen molar-refractivity contribution in [2.24, 2.45) is 0 Å². The Morgan fingerprint density at radius 2 is 1.96 bits per heavy atom. The van der Waals surface area contributed by atoms with E-state index >= 15 is 0 Å². The van der Waals surface area contributed by atoms with Crippen LogP contribution in [-0.2, 0) is 17.9 Å². The van der Waals surface area contributed by atoms with E-state index in [4.69, 9.17) is 4.74 Å². The van der Waals surface area contributed by atoms with Crippen molar-refractivity contribution in [1.29, 1.82) is 0 Å². The molecule has 0 saturated heterocycles. The zero-order valence-electron chi connectivity index (χ0n) is 13.6. The summed E-state index contributed by atoms with van der Waals surface area (Å²) in [5, 5.41) is 0. The van der Waals surface area contributed by atoms with Crippen LogP contribution in [0.2, 0.25) is 0 Å². The van der Waals surface area contributed by atoms with Crippen LogP contribution >= 0.6 is 0 Å². The molecule has 1 aliphatic carbocycles. The van der Waals surface area contributed by atoms with Gasteiger partial charge in [0, 0.05) is 43.4 Å². The lowest BCUT2D eigenvalue weighted by molar-refractivity contribution is 0.0484. The molecule has 122 valence electrons. The van der Waals surface area contributed by atoms with Gasteiger partial charge in [0.15, 0.2) is 0 Å². The lowest BCUT2D eigenvalue weighted by atomic mass is 10.1. The molecule has 0 aromatic carbocycles. The zero-order valence-corrected chi connectivity index (χ0v) is 13.6. The number of hydrogen-bond donors (Lipinski definition) is 0. The van der Waals surface area contributed by atoms with Crippen LogP contribution in [0.3, 0.4) is 0 Å². The summed E-state index contributed by atoms with van der Waals surface area (Å²) in [6.07, 6.45) is 11.4. The topological polar surface area (TPSA) is 30.3 Å². The molecule has 1 aliphatic heterocycles. The maximum Gasteiger partial charge on any atom is 0.0719 e. The Morgan fingerprint density at radius 3 is 2.78 bits per heavy atom. The predicted molar refractivity (Wildman–Crippen MR) is 90.0 cm³/mol. The summed E-state index contributed by atoms with van der Waals surface area (Å²) < 4.78 is 8.44. The van der Waals surface area contributed by atoms with Crippen molar-refractivity contribution in [2.75, 3.05) is 13.2 Å². The molecule has 0 spiro atoms. The van der Waals surface area contributed by atoms with E-state index in [2.05, 4.69) is 32.8 Å². The Bertz CT molecular complexity index is 619. The third kappa shape index (κ3) is 3.33. The zero-order chi connectivity index (χ0) is 15.5. The van der Waals surface area contributed by atoms with Gasteiger partial charge in [-0.1, -0.05) is 12.8 Å². The fourth-order valence-corrected chi connectivity index (χ4v) is 4.02. The SMILES string of the molecule is c1cc2n(c1)C(COCc1ccncc1)CN(C1CCCC1)C2. The van der Waals surface area contributed by atoms with Gasteiger partial charge in [0.25, 0.3) is 0 Å². The molecular formula is C19H25N3O. The van der Waals surface area contributed by atoms with Gasteiger partial charge in [-0.05, 0) is 42.7 Å². The molecule has 4 nitrogen and oxygen atoms in total. The maximum absolute atomic E-state index is 6.02. The van der Waals surface area contributed by atoms with E-state index in [-0.39, 0.29) is 0 Å². The van der Waals surface area contributed by atoms with E-state index < -0.39 is 0 Å². The molecule has 0 bridgehead atoms. The minimum absolute atomic E-state index is 0.427. The largest absolute Gasteiger partial charge is 0.375 e. The van der Waals surface area contributed by atoms with E-state index in [1.165, 1.54) is 36.9 Å². The molecule has 1 fully saturated rings. The monoisotopic (exact) mass is 311 g/mol. The Labute approximate surface area is 138 Å². The fraction of sp³-hybridized carbons (Fsp3) is 0.526. The molecule has 4 rings (SSSR count). The second kappa shape index (κ2) is 6.85. The lowest BCUT2D eigenvalue weighted by Crippen LogP contribution is -2.43. The molecule has 1 unspecified atom stereocenters. The van der Waals surface area contributed by atoms with Crippen molar-refractivity contribution in [3.63, 3.8) is 0 Å². The molecule has 1 saturated carbocycles. The first-order valence-corrected chi connectivity index (χ1v) is 8.76. The lowest BCUT2D eigenvalue weighted by Gasteiger charge is -2.38. The van der Waals surface area contributed by atoms with Crippen molar-refractivity contribution in [3.8, 4) is 0 Å². The number of pyridine rings is 1.